The molecule has 2 N–H and O–H groups in total. The van der Waals surface area contributed by atoms with Gasteiger partial charge in [0.15, 0.2) is 0 Å². The molecule has 3 heteroatoms. The Kier molecular flexibility index (Phi) is 2.23. The summed E-state index contributed by atoms with van der Waals surface area (Å²) in [4.78, 5) is 3.18. The molecule has 0 atom stereocenters. The molecule has 0 aliphatic rings. The monoisotopic (exact) mass is 188 g/mol. The molecule has 0 aliphatic heterocycles. The Morgan fingerprint density at radius 2 is 2.21 bits per heavy atom. The minimum atomic E-state index is 0.681. The summed E-state index contributed by atoms with van der Waals surface area (Å²) in [6, 6.07) is 8.09. The average Bonchev–Trinajstić information content (AvgIpc) is 2.62. The van der Waals surface area contributed by atoms with Gasteiger partial charge in [-0.25, -0.2) is 0 Å². The molecule has 0 spiro atoms. The molecule has 0 saturated heterocycles. The maximum absolute atomic E-state index is 8.58. The zero-order valence-corrected chi connectivity index (χ0v) is 7.99. The van der Waals surface area contributed by atoms with E-state index in [0.29, 0.717) is 6.42 Å². The summed E-state index contributed by atoms with van der Waals surface area (Å²) in [6.45, 7) is 1.81. The van der Waals surface area contributed by atoms with Crippen molar-refractivity contribution in [2.75, 3.05) is 0 Å². The fraction of sp³-hybridized carbons (Fsp3) is 0.182. The van der Waals surface area contributed by atoms with Crippen molar-refractivity contribution < 1.29 is 5.21 Å². The molecule has 1 heterocycles. The van der Waals surface area contributed by atoms with Crippen molar-refractivity contribution in [1.29, 1.82) is 0 Å². The third-order valence-corrected chi connectivity index (χ3v) is 2.29. The van der Waals surface area contributed by atoms with Crippen LogP contribution in [0.5, 0.6) is 0 Å². The predicted molar refractivity (Wildman–Crippen MR) is 56.9 cm³/mol. The summed E-state index contributed by atoms with van der Waals surface area (Å²) in [5.74, 6) is 0. The maximum atomic E-state index is 8.58. The summed E-state index contributed by atoms with van der Waals surface area (Å²) >= 11 is 0. The fourth-order valence-electron chi connectivity index (χ4n) is 1.59. The second-order valence-corrected chi connectivity index (χ2v) is 3.37. The number of hydrogen-bond acceptors (Lipinski definition) is 2. The van der Waals surface area contributed by atoms with Gasteiger partial charge in [0.2, 0.25) is 0 Å². The molecule has 0 bridgehead atoms. The smallest absolute Gasteiger partial charge is 0.0584 e. The van der Waals surface area contributed by atoms with Gasteiger partial charge in [-0.1, -0.05) is 23.4 Å². The molecule has 72 valence electrons. The van der Waals surface area contributed by atoms with Crippen LogP contribution >= 0.6 is 0 Å². The van der Waals surface area contributed by atoms with Crippen LogP contribution in [0, 0.1) is 0 Å². The van der Waals surface area contributed by atoms with E-state index in [9.17, 15) is 0 Å². The van der Waals surface area contributed by atoms with E-state index in [0.717, 1.165) is 16.8 Å². The van der Waals surface area contributed by atoms with Gasteiger partial charge < -0.3 is 10.2 Å². The molecule has 1 aromatic heterocycles. The first-order chi connectivity index (χ1) is 6.81. The Morgan fingerprint density at radius 1 is 1.43 bits per heavy atom. The number of nitrogens with one attached hydrogen (secondary N) is 1. The summed E-state index contributed by atoms with van der Waals surface area (Å²) in [5, 5.41) is 12.9. The van der Waals surface area contributed by atoms with E-state index >= 15 is 0 Å². The lowest BCUT2D eigenvalue weighted by atomic mass is 10.1. The second kappa shape index (κ2) is 3.54. The fourth-order valence-corrected chi connectivity index (χ4v) is 1.59. The molecular formula is C11H12N2O. The summed E-state index contributed by atoms with van der Waals surface area (Å²) in [6.07, 6.45) is 2.64. The molecule has 0 fully saturated rings. The van der Waals surface area contributed by atoms with E-state index in [1.54, 1.807) is 0 Å². The predicted octanol–water partition coefficient (Wildman–Crippen LogP) is 2.56. The third-order valence-electron chi connectivity index (χ3n) is 2.29. The van der Waals surface area contributed by atoms with Gasteiger partial charge in [0.25, 0.3) is 0 Å². The van der Waals surface area contributed by atoms with E-state index in [1.165, 1.54) is 5.39 Å². The number of H-pyrrole nitrogens is 1. The Labute approximate surface area is 82.1 Å². The highest BCUT2D eigenvalue weighted by molar-refractivity contribution is 5.90. The SMILES string of the molecule is C/C(Cc1c[nH]c2ccccc12)=N\O. The Hall–Kier alpha value is -1.77. The van der Waals surface area contributed by atoms with Crippen LogP contribution in [0.4, 0.5) is 0 Å². The van der Waals surface area contributed by atoms with Gasteiger partial charge in [0, 0.05) is 23.5 Å². The van der Waals surface area contributed by atoms with Gasteiger partial charge in [-0.3, -0.25) is 0 Å². The Morgan fingerprint density at radius 3 is 3.00 bits per heavy atom. The van der Waals surface area contributed by atoms with Gasteiger partial charge in [-0.2, -0.15) is 0 Å². The van der Waals surface area contributed by atoms with Crippen LogP contribution in [0.1, 0.15) is 12.5 Å². The molecule has 2 aromatic rings. The van der Waals surface area contributed by atoms with Crippen LogP contribution in [0.15, 0.2) is 35.6 Å². The number of benzene rings is 1. The lowest BCUT2D eigenvalue weighted by Crippen LogP contribution is -1.95. The number of hydrogen-bond donors (Lipinski definition) is 2. The molecule has 0 saturated carbocycles. The van der Waals surface area contributed by atoms with Crippen molar-refractivity contribution in [3.05, 3.63) is 36.0 Å². The number of para-hydroxylation sites is 1. The van der Waals surface area contributed by atoms with Crippen molar-refractivity contribution >= 4 is 16.6 Å². The molecule has 0 aliphatic carbocycles. The van der Waals surface area contributed by atoms with E-state index in [1.807, 2.05) is 31.3 Å². The van der Waals surface area contributed by atoms with Crippen molar-refractivity contribution in [2.24, 2.45) is 5.16 Å². The lowest BCUT2D eigenvalue weighted by Gasteiger charge is -1.96. The molecule has 0 amide bonds. The third kappa shape index (κ3) is 1.48. The molecule has 2 rings (SSSR count). The topological polar surface area (TPSA) is 48.4 Å². The molecule has 0 radical (unpaired) electrons. The normalized spacial score (nSPS) is 12.2. The van der Waals surface area contributed by atoms with E-state index < -0.39 is 0 Å². The number of oxime groups is 1. The highest BCUT2D eigenvalue weighted by Gasteiger charge is 2.03. The first-order valence-electron chi connectivity index (χ1n) is 4.54. The van der Waals surface area contributed by atoms with Crippen LogP contribution in [0.25, 0.3) is 10.9 Å². The molecular weight excluding hydrogens is 176 g/mol. The average molecular weight is 188 g/mol. The van der Waals surface area contributed by atoms with Gasteiger partial charge in [0.05, 0.1) is 5.71 Å². The standard InChI is InChI=1S/C11H12N2O/c1-8(13-14)6-9-7-12-11-5-3-2-4-10(9)11/h2-5,7,12,14H,6H2,1H3/b13-8+. The van der Waals surface area contributed by atoms with Crippen LogP contribution in [-0.4, -0.2) is 15.9 Å². The Balaban J connectivity index is 2.43. The van der Waals surface area contributed by atoms with Crippen LogP contribution in [0.2, 0.25) is 0 Å². The number of rotatable bonds is 2. The van der Waals surface area contributed by atoms with E-state index in [4.69, 9.17) is 5.21 Å². The van der Waals surface area contributed by atoms with E-state index in [2.05, 4.69) is 16.2 Å². The summed E-state index contributed by atoms with van der Waals surface area (Å²) in [7, 11) is 0. The van der Waals surface area contributed by atoms with Crippen molar-refractivity contribution in [2.45, 2.75) is 13.3 Å². The first kappa shape index (κ1) is 8.81. The largest absolute Gasteiger partial charge is 0.411 e. The number of aromatic amines is 1. The highest BCUT2D eigenvalue weighted by Crippen LogP contribution is 2.18. The van der Waals surface area contributed by atoms with Crippen molar-refractivity contribution in [1.82, 2.24) is 4.98 Å². The molecule has 3 nitrogen and oxygen atoms in total. The molecule has 14 heavy (non-hydrogen) atoms. The molecule has 1 aromatic carbocycles. The summed E-state index contributed by atoms with van der Waals surface area (Å²) < 4.78 is 0. The quantitative estimate of drug-likeness (QED) is 0.424. The van der Waals surface area contributed by atoms with Crippen molar-refractivity contribution in [3.63, 3.8) is 0 Å². The number of aromatic nitrogens is 1. The zero-order valence-electron chi connectivity index (χ0n) is 7.99. The summed E-state index contributed by atoms with van der Waals surface area (Å²) in [5.41, 5.74) is 3.00. The highest BCUT2D eigenvalue weighted by atomic mass is 16.4. The van der Waals surface area contributed by atoms with Gasteiger partial charge in [-0.15, -0.1) is 0 Å². The van der Waals surface area contributed by atoms with Gasteiger partial charge in [-0.05, 0) is 18.6 Å². The number of nitrogens with zero attached hydrogens (tertiary/aromatic N) is 1. The van der Waals surface area contributed by atoms with Crippen LogP contribution < -0.4 is 0 Å². The lowest BCUT2D eigenvalue weighted by molar-refractivity contribution is 0.317. The van der Waals surface area contributed by atoms with Gasteiger partial charge >= 0.3 is 0 Å². The Bertz CT molecular complexity index is 471. The van der Waals surface area contributed by atoms with E-state index in [-0.39, 0.29) is 0 Å². The first-order valence-corrected chi connectivity index (χ1v) is 4.54. The number of fused-ring (bicyclic) bond motifs is 1. The van der Waals surface area contributed by atoms with Crippen LogP contribution in [0.3, 0.4) is 0 Å². The minimum Gasteiger partial charge on any atom is -0.411 e. The minimum absolute atomic E-state index is 0.681. The second-order valence-electron chi connectivity index (χ2n) is 3.37. The zero-order chi connectivity index (χ0) is 9.97. The van der Waals surface area contributed by atoms with Crippen LogP contribution in [-0.2, 0) is 6.42 Å². The molecule has 0 unspecified atom stereocenters. The van der Waals surface area contributed by atoms with Crippen molar-refractivity contribution in [3.8, 4) is 0 Å². The van der Waals surface area contributed by atoms with Gasteiger partial charge in [0.1, 0.15) is 0 Å². The maximum Gasteiger partial charge on any atom is 0.0584 e.